The van der Waals surface area contributed by atoms with Crippen LogP contribution in [0.25, 0.3) is 10.2 Å². The van der Waals surface area contributed by atoms with Crippen LogP contribution in [0.15, 0.2) is 9.59 Å². The third-order valence-electron chi connectivity index (χ3n) is 4.10. The van der Waals surface area contributed by atoms with Crippen LogP contribution in [0.2, 0.25) is 0 Å². The molecule has 3 N–H and O–H groups in total. The van der Waals surface area contributed by atoms with E-state index in [4.69, 9.17) is 5.73 Å². The maximum Gasteiger partial charge on any atom is 0.390 e. The van der Waals surface area contributed by atoms with Crippen molar-refractivity contribution in [2.45, 2.75) is 46.1 Å². The van der Waals surface area contributed by atoms with Gasteiger partial charge < -0.3 is 5.73 Å². The van der Waals surface area contributed by atoms with Crippen molar-refractivity contribution in [3.8, 4) is 0 Å². The van der Waals surface area contributed by atoms with Gasteiger partial charge >= 0.3 is 17.9 Å². The number of aromatic nitrogens is 2. The summed E-state index contributed by atoms with van der Waals surface area (Å²) in [6.07, 6.45) is -5.49. The number of hydrazine groups is 1. The average Bonchev–Trinajstić information content (AvgIpc) is 2.90. The summed E-state index contributed by atoms with van der Waals surface area (Å²) in [5, 5.41) is 0.875. The number of hydrogen-bond donors (Lipinski definition) is 2. The highest BCUT2D eigenvalue weighted by Crippen LogP contribution is 2.30. The lowest BCUT2D eigenvalue weighted by Crippen LogP contribution is -2.44. The highest BCUT2D eigenvalue weighted by molar-refractivity contribution is 7.18. The first-order chi connectivity index (χ1) is 13.0. The maximum atomic E-state index is 12.7. The molecular formula is C15H18F3N5O4S. The average molecular weight is 421 g/mol. The highest BCUT2D eigenvalue weighted by Gasteiger charge is 2.28. The molecule has 0 unspecified atom stereocenters. The molecule has 0 radical (unpaired) electrons. The number of amides is 3. The van der Waals surface area contributed by atoms with Gasteiger partial charge in [0, 0.05) is 18.0 Å². The number of alkyl halides is 3. The number of nitrogens with two attached hydrogens (primary N) is 1. The van der Waals surface area contributed by atoms with Gasteiger partial charge in [0.05, 0.1) is 18.4 Å². The summed E-state index contributed by atoms with van der Waals surface area (Å²) in [5.74, 6) is 0. The van der Waals surface area contributed by atoms with Gasteiger partial charge in [-0.3, -0.25) is 24.1 Å². The Morgan fingerprint density at radius 1 is 1.32 bits per heavy atom. The summed E-state index contributed by atoms with van der Waals surface area (Å²) < 4.78 is 39.8. The van der Waals surface area contributed by atoms with Crippen LogP contribution in [0.4, 0.5) is 18.0 Å². The maximum absolute atomic E-state index is 12.7. The number of urea groups is 1. The lowest BCUT2D eigenvalue weighted by Gasteiger charge is -2.17. The Morgan fingerprint density at radius 2 is 1.96 bits per heavy atom. The second-order valence-corrected chi connectivity index (χ2v) is 6.93. The Balaban J connectivity index is 2.69. The van der Waals surface area contributed by atoms with Crippen molar-refractivity contribution in [2.75, 3.05) is 0 Å². The smallest absolute Gasteiger partial charge is 0.350 e. The number of nitrogens with zero attached hydrogens (tertiary/aromatic N) is 3. The molecule has 2 heterocycles. The molecule has 0 atom stereocenters. The van der Waals surface area contributed by atoms with Gasteiger partial charge in [-0.05, 0) is 19.4 Å². The fourth-order valence-electron chi connectivity index (χ4n) is 2.70. The zero-order valence-corrected chi connectivity index (χ0v) is 15.8. The van der Waals surface area contributed by atoms with Gasteiger partial charge in [-0.2, -0.15) is 13.2 Å². The van der Waals surface area contributed by atoms with E-state index >= 15 is 0 Å². The zero-order chi connectivity index (χ0) is 21.2. The van der Waals surface area contributed by atoms with Gasteiger partial charge in [-0.1, -0.05) is 0 Å². The molecule has 0 bridgehead atoms. The monoisotopic (exact) mass is 421 g/mol. The number of rotatable bonds is 7. The normalized spacial score (nSPS) is 11.6. The third kappa shape index (κ3) is 4.18. The van der Waals surface area contributed by atoms with Gasteiger partial charge in [-0.15, -0.1) is 11.3 Å². The summed E-state index contributed by atoms with van der Waals surface area (Å²) in [6, 6.07) is -0.968. The van der Waals surface area contributed by atoms with E-state index in [1.54, 1.807) is 6.92 Å². The molecule has 13 heteroatoms. The second-order valence-electron chi connectivity index (χ2n) is 5.85. The molecule has 2 aromatic rings. The van der Waals surface area contributed by atoms with Crippen molar-refractivity contribution < 1.29 is 22.8 Å². The molecule has 154 valence electrons. The van der Waals surface area contributed by atoms with Gasteiger partial charge in [-0.25, -0.2) is 14.6 Å². The topological polar surface area (TPSA) is 119 Å². The second kappa shape index (κ2) is 8.04. The predicted molar refractivity (Wildman–Crippen MR) is 95.8 cm³/mol. The summed E-state index contributed by atoms with van der Waals surface area (Å²) in [4.78, 5) is 47.7. The van der Waals surface area contributed by atoms with E-state index < -0.39 is 36.4 Å². The van der Waals surface area contributed by atoms with E-state index in [0.717, 1.165) is 25.5 Å². The van der Waals surface area contributed by atoms with Crippen molar-refractivity contribution in [1.29, 1.82) is 0 Å². The third-order valence-corrected chi connectivity index (χ3v) is 5.40. The van der Waals surface area contributed by atoms with Gasteiger partial charge in [0.15, 0.2) is 0 Å². The van der Waals surface area contributed by atoms with Crippen LogP contribution in [-0.4, -0.2) is 32.8 Å². The number of thiophene rings is 1. The van der Waals surface area contributed by atoms with Crippen LogP contribution < -0.4 is 22.4 Å². The van der Waals surface area contributed by atoms with Crippen LogP contribution in [-0.2, 0) is 24.4 Å². The van der Waals surface area contributed by atoms with Gasteiger partial charge in [0.2, 0.25) is 6.41 Å². The highest BCUT2D eigenvalue weighted by atomic mass is 32.1. The van der Waals surface area contributed by atoms with Crippen molar-refractivity contribution >= 4 is 34.0 Å². The van der Waals surface area contributed by atoms with E-state index in [-0.39, 0.29) is 29.7 Å². The van der Waals surface area contributed by atoms with Gasteiger partial charge in [0.1, 0.15) is 4.83 Å². The number of fused-ring (bicyclic) bond motifs is 1. The minimum absolute atomic E-state index is 0.00957. The number of aryl methyl sites for hydroxylation is 2. The lowest BCUT2D eigenvalue weighted by atomic mass is 10.2. The molecule has 0 fully saturated rings. The number of primary amides is 1. The summed E-state index contributed by atoms with van der Waals surface area (Å²) in [7, 11) is 0. The Kier molecular flexibility index (Phi) is 6.17. The molecule has 0 saturated carbocycles. The molecule has 0 spiro atoms. The molecule has 3 amide bonds. The number of halogens is 3. The van der Waals surface area contributed by atoms with E-state index in [2.05, 4.69) is 5.43 Å². The molecular weight excluding hydrogens is 403 g/mol. The molecule has 28 heavy (non-hydrogen) atoms. The van der Waals surface area contributed by atoms with Crippen molar-refractivity contribution in [1.82, 2.24) is 19.6 Å². The lowest BCUT2D eigenvalue weighted by molar-refractivity contribution is -0.136. The van der Waals surface area contributed by atoms with Crippen LogP contribution in [0.1, 0.15) is 23.8 Å². The fraction of sp³-hybridized carbons (Fsp3) is 0.467. The number of carbonyl (C=O) groups is 2. The molecule has 2 rings (SSSR count). The molecule has 0 aliphatic carbocycles. The number of hydrogen-bond acceptors (Lipinski definition) is 5. The Bertz CT molecular complexity index is 1020. The quantitative estimate of drug-likeness (QED) is 0.513. The fourth-order valence-corrected chi connectivity index (χ4v) is 4.00. The standard InChI is InChI=1S/C15H18F3N5O4S/c1-3-21-11(25)10-8(2)9(6-23(13(19)26)20-7-24)28-12(10)22(14(21)27)5-4-15(16,17)18/h7H,3-6H2,1-2H3,(H2,19,26)(H,20,24). The van der Waals surface area contributed by atoms with Gasteiger partial charge in [0.25, 0.3) is 5.56 Å². The van der Waals surface area contributed by atoms with Crippen LogP contribution in [0.5, 0.6) is 0 Å². The predicted octanol–water partition coefficient (Wildman–Crippen LogP) is 1.05. The molecule has 0 aliphatic rings. The molecule has 0 aromatic carbocycles. The largest absolute Gasteiger partial charge is 0.390 e. The molecule has 0 saturated heterocycles. The zero-order valence-electron chi connectivity index (χ0n) is 15.0. The van der Waals surface area contributed by atoms with E-state index in [0.29, 0.717) is 10.4 Å². The van der Waals surface area contributed by atoms with Crippen LogP contribution >= 0.6 is 11.3 Å². The van der Waals surface area contributed by atoms with Crippen LogP contribution in [0, 0.1) is 6.92 Å². The summed E-state index contributed by atoms with van der Waals surface area (Å²) in [6.45, 7) is 2.22. The summed E-state index contributed by atoms with van der Waals surface area (Å²) >= 11 is 0.897. The minimum atomic E-state index is -4.48. The van der Waals surface area contributed by atoms with Crippen molar-refractivity contribution in [3.05, 3.63) is 31.3 Å². The summed E-state index contributed by atoms with van der Waals surface area (Å²) in [5.41, 5.74) is 6.19. The first-order valence-electron chi connectivity index (χ1n) is 8.11. The van der Waals surface area contributed by atoms with E-state index in [1.165, 1.54) is 6.92 Å². The Hall–Kier alpha value is -2.83. The molecule has 9 nitrogen and oxygen atoms in total. The minimum Gasteiger partial charge on any atom is -0.350 e. The van der Waals surface area contributed by atoms with Crippen LogP contribution in [0.3, 0.4) is 0 Å². The van der Waals surface area contributed by atoms with E-state index in [1.807, 2.05) is 0 Å². The SMILES string of the molecule is CCn1c(=O)c2c(C)c(CN(NC=O)C(N)=O)sc2n(CCC(F)(F)F)c1=O. The first kappa shape index (κ1) is 21.5. The Labute approximate surface area is 160 Å². The first-order valence-corrected chi connectivity index (χ1v) is 8.92. The Morgan fingerprint density at radius 3 is 2.46 bits per heavy atom. The number of nitrogens with one attached hydrogen (secondary N) is 1. The van der Waals surface area contributed by atoms with Crippen molar-refractivity contribution in [3.63, 3.8) is 0 Å². The van der Waals surface area contributed by atoms with Crippen molar-refractivity contribution in [2.24, 2.45) is 5.73 Å². The van der Waals surface area contributed by atoms with E-state index in [9.17, 15) is 32.3 Å². The number of carbonyl (C=O) groups excluding carboxylic acids is 2. The molecule has 2 aromatic heterocycles. The molecule has 0 aliphatic heterocycles.